The average Bonchev–Trinajstić information content (AvgIpc) is 2.84. The van der Waals surface area contributed by atoms with E-state index in [4.69, 9.17) is 0 Å². The number of aliphatic hydroxyl groups is 1. The SMILES string of the molecule is O=C(N[C@@H](c1ccccc1)c1ccc(Br)cc1)C(O)(c1ccccc1)c1ccccc1. The van der Waals surface area contributed by atoms with Gasteiger partial charge in [0.2, 0.25) is 0 Å². The average molecular weight is 472 g/mol. The zero-order valence-electron chi connectivity index (χ0n) is 16.8. The number of halogens is 1. The summed E-state index contributed by atoms with van der Waals surface area (Å²) in [5.41, 5.74) is 1.06. The molecule has 2 N–H and O–H groups in total. The highest BCUT2D eigenvalue weighted by molar-refractivity contribution is 9.10. The molecule has 0 spiro atoms. The molecule has 0 aromatic heterocycles. The summed E-state index contributed by atoms with van der Waals surface area (Å²) in [7, 11) is 0. The Morgan fingerprint density at radius 2 is 1.10 bits per heavy atom. The first kappa shape index (κ1) is 21.0. The molecule has 3 nitrogen and oxygen atoms in total. The Hall–Kier alpha value is -3.21. The Morgan fingerprint density at radius 1 is 0.677 bits per heavy atom. The highest BCUT2D eigenvalue weighted by Crippen LogP contribution is 2.32. The predicted molar refractivity (Wildman–Crippen MR) is 126 cm³/mol. The second-order valence-corrected chi connectivity index (χ2v) is 8.23. The van der Waals surface area contributed by atoms with Crippen LogP contribution in [0.2, 0.25) is 0 Å². The van der Waals surface area contributed by atoms with Gasteiger partial charge in [0.15, 0.2) is 5.60 Å². The van der Waals surface area contributed by atoms with Crippen LogP contribution in [0.25, 0.3) is 0 Å². The highest BCUT2D eigenvalue weighted by Gasteiger charge is 2.41. The summed E-state index contributed by atoms with van der Waals surface area (Å²) < 4.78 is 0.958. The molecule has 0 bridgehead atoms. The van der Waals surface area contributed by atoms with E-state index in [9.17, 15) is 9.90 Å². The number of carbonyl (C=O) groups excluding carboxylic acids is 1. The Kier molecular flexibility index (Phi) is 6.31. The number of nitrogens with one attached hydrogen (secondary N) is 1. The molecule has 0 aliphatic heterocycles. The molecule has 4 aromatic carbocycles. The molecule has 0 fully saturated rings. The predicted octanol–water partition coefficient (Wildman–Crippen LogP) is 5.59. The number of hydrogen-bond acceptors (Lipinski definition) is 2. The van der Waals surface area contributed by atoms with Crippen molar-refractivity contribution in [1.29, 1.82) is 0 Å². The van der Waals surface area contributed by atoms with Crippen molar-refractivity contribution in [2.75, 3.05) is 0 Å². The van der Waals surface area contributed by atoms with E-state index in [1.807, 2.05) is 91.0 Å². The smallest absolute Gasteiger partial charge is 0.262 e. The summed E-state index contributed by atoms with van der Waals surface area (Å²) >= 11 is 3.47. The third kappa shape index (κ3) is 4.46. The normalized spacial score (nSPS) is 12.2. The van der Waals surface area contributed by atoms with E-state index in [2.05, 4.69) is 21.2 Å². The van der Waals surface area contributed by atoms with Gasteiger partial charge in [-0.3, -0.25) is 4.79 Å². The van der Waals surface area contributed by atoms with E-state index in [1.54, 1.807) is 24.3 Å². The van der Waals surface area contributed by atoms with Crippen LogP contribution in [0, 0.1) is 0 Å². The third-order valence-corrected chi connectivity index (χ3v) is 5.85. The van der Waals surface area contributed by atoms with Crippen LogP contribution in [0.15, 0.2) is 120 Å². The van der Waals surface area contributed by atoms with Crippen LogP contribution in [0.4, 0.5) is 0 Å². The van der Waals surface area contributed by atoms with Crippen molar-refractivity contribution in [1.82, 2.24) is 5.32 Å². The molecule has 0 unspecified atom stereocenters. The van der Waals surface area contributed by atoms with Gasteiger partial charge in [0, 0.05) is 4.47 Å². The fourth-order valence-corrected chi connectivity index (χ4v) is 3.95. The van der Waals surface area contributed by atoms with Gasteiger partial charge in [-0.1, -0.05) is 119 Å². The molecule has 0 radical (unpaired) electrons. The first-order valence-electron chi connectivity index (χ1n) is 10.0. The van der Waals surface area contributed by atoms with E-state index >= 15 is 0 Å². The van der Waals surface area contributed by atoms with Crippen molar-refractivity contribution in [2.24, 2.45) is 0 Å². The van der Waals surface area contributed by atoms with Gasteiger partial charge in [-0.2, -0.15) is 0 Å². The lowest BCUT2D eigenvalue weighted by atomic mass is 9.84. The highest BCUT2D eigenvalue weighted by atomic mass is 79.9. The lowest BCUT2D eigenvalue weighted by Gasteiger charge is -2.31. The van der Waals surface area contributed by atoms with Crippen LogP contribution in [0.3, 0.4) is 0 Å². The van der Waals surface area contributed by atoms with E-state index < -0.39 is 17.6 Å². The number of amides is 1. The Balaban J connectivity index is 1.78. The lowest BCUT2D eigenvalue weighted by molar-refractivity contribution is -0.137. The monoisotopic (exact) mass is 471 g/mol. The number of benzene rings is 4. The molecular formula is C27H22BrNO2. The minimum atomic E-state index is -1.83. The Bertz CT molecular complexity index is 1090. The van der Waals surface area contributed by atoms with E-state index in [-0.39, 0.29) is 0 Å². The van der Waals surface area contributed by atoms with Crippen molar-refractivity contribution < 1.29 is 9.90 Å². The van der Waals surface area contributed by atoms with Crippen molar-refractivity contribution >= 4 is 21.8 Å². The summed E-state index contributed by atoms with van der Waals surface area (Å²) in [6.45, 7) is 0. The van der Waals surface area contributed by atoms with Crippen molar-refractivity contribution in [3.05, 3.63) is 142 Å². The standard InChI is InChI=1S/C27H22BrNO2/c28-24-18-16-21(17-19-24)25(20-10-4-1-5-11-20)29-26(30)27(31,22-12-6-2-7-13-22)23-14-8-3-9-15-23/h1-19,25,31H,(H,29,30)/t25-/m0/s1. The van der Waals surface area contributed by atoms with Crippen LogP contribution >= 0.6 is 15.9 Å². The summed E-state index contributed by atoms with van der Waals surface area (Å²) in [6, 6.07) is 35.2. The zero-order valence-corrected chi connectivity index (χ0v) is 18.4. The fraction of sp³-hybridized carbons (Fsp3) is 0.0741. The quantitative estimate of drug-likeness (QED) is 0.384. The van der Waals surface area contributed by atoms with Crippen LogP contribution < -0.4 is 5.32 Å². The molecule has 4 aromatic rings. The van der Waals surface area contributed by atoms with Gasteiger partial charge in [0.25, 0.3) is 5.91 Å². The first-order valence-corrected chi connectivity index (χ1v) is 10.8. The topological polar surface area (TPSA) is 49.3 Å². The van der Waals surface area contributed by atoms with Crippen LogP contribution in [-0.2, 0) is 10.4 Å². The first-order chi connectivity index (χ1) is 15.1. The van der Waals surface area contributed by atoms with Gasteiger partial charge in [0.05, 0.1) is 6.04 Å². The van der Waals surface area contributed by atoms with Gasteiger partial charge < -0.3 is 10.4 Å². The molecule has 0 saturated carbocycles. The molecule has 1 atom stereocenters. The second-order valence-electron chi connectivity index (χ2n) is 7.31. The van der Waals surface area contributed by atoms with Gasteiger partial charge >= 0.3 is 0 Å². The maximum atomic E-state index is 13.7. The minimum absolute atomic E-state index is 0.416. The number of carbonyl (C=O) groups is 1. The van der Waals surface area contributed by atoms with Crippen molar-refractivity contribution in [2.45, 2.75) is 11.6 Å². The largest absolute Gasteiger partial charge is 0.372 e. The molecule has 1 amide bonds. The van der Waals surface area contributed by atoms with E-state index in [0.717, 1.165) is 15.6 Å². The fourth-order valence-electron chi connectivity index (χ4n) is 3.68. The number of rotatable bonds is 6. The van der Waals surface area contributed by atoms with Gasteiger partial charge in [-0.05, 0) is 34.4 Å². The molecule has 154 valence electrons. The molecule has 0 aliphatic carbocycles. The minimum Gasteiger partial charge on any atom is -0.372 e. The number of hydrogen-bond donors (Lipinski definition) is 2. The maximum Gasteiger partial charge on any atom is 0.262 e. The third-order valence-electron chi connectivity index (χ3n) is 5.32. The summed E-state index contributed by atoms with van der Waals surface area (Å²) in [4.78, 5) is 13.7. The molecule has 31 heavy (non-hydrogen) atoms. The Morgan fingerprint density at radius 3 is 1.58 bits per heavy atom. The van der Waals surface area contributed by atoms with Crippen molar-refractivity contribution in [3.8, 4) is 0 Å². The molecule has 4 heteroatoms. The second kappa shape index (κ2) is 9.29. The van der Waals surface area contributed by atoms with Crippen LogP contribution in [0.1, 0.15) is 28.3 Å². The van der Waals surface area contributed by atoms with Crippen molar-refractivity contribution in [3.63, 3.8) is 0 Å². The molecule has 0 heterocycles. The van der Waals surface area contributed by atoms with E-state index in [1.165, 1.54) is 0 Å². The summed E-state index contributed by atoms with van der Waals surface area (Å²) in [5, 5.41) is 14.9. The van der Waals surface area contributed by atoms with Gasteiger partial charge in [-0.25, -0.2) is 0 Å². The molecule has 4 rings (SSSR count). The van der Waals surface area contributed by atoms with Gasteiger partial charge in [0.1, 0.15) is 0 Å². The van der Waals surface area contributed by atoms with Gasteiger partial charge in [-0.15, -0.1) is 0 Å². The summed E-state index contributed by atoms with van der Waals surface area (Å²) in [6.07, 6.45) is 0. The maximum absolute atomic E-state index is 13.7. The zero-order chi connectivity index (χ0) is 21.7. The molecular weight excluding hydrogens is 450 g/mol. The molecule has 0 aliphatic rings. The Labute approximate surface area is 190 Å². The summed E-state index contributed by atoms with van der Waals surface area (Å²) in [5.74, 6) is -0.485. The molecule has 0 saturated heterocycles. The van der Waals surface area contributed by atoms with E-state index in [0.29, 0.717) is 11.1 Å². The lowest BCUT2D eigenvalue weighted by Crippen LogP contribution is -2.46. The van der Waals surface area contributed by atoms with Crippen LogP contribution in [0.5, 0.6) is 0 Å². The van der Waals surface area contributed by atoms with Crippen LogP contribution in [-0.4, -0.2) is 11.0 Å².